The van der Waals surface area contributed by atoms with E-state index in [0.717, 1.165) is 0 Å². The highest BCUT2D eigenvalue weighted by Gasteiger charge is 2.11. The second-order valence-corrected chi connectivity index (χ2v) is 4.92. The minimum absolute atomic E-state index is 0.135. The third kappa shape index (κ3) is 4.71. The number of anilines is 1. The Morgan fingerprint density at radius 1 is 1.18 bits per heavy atom. The van der Waals surface area contributed by atoms with Crippen LogP contribution in [0.2, 0.25) is 5.02 Å². The standard InChI is InChI=1S/C16H14ClN3O2/c1-11(21)19-15(9-12-3-2-8-18-10-12)16(22)20-14-6-4-13(17)5-7-14/h2-10H,1H3,(H,19,21)(H,20,22)/b15-9+. The van der Waals surface area contributed by atoms with Crippen molar-refractivity contribution in [3.63, 3.8) is 0 Å². The zero-order valence-corrected chi connectivity index (χ0v) is 12.6. The second-order valence-electron chi connectivity index (χ2n) is 4.49. The largest absolute Gasteiger partial charge is 0.322 e. The Morgan fingerprint density at radius 3 is 2.50 bits per heavy atom. The molecular formula is C16H14ClN3O2. The van der Waals surface area contributed by atoms with Crippen LogP contribution in [-0.2, 0) is 9.59 Å². The molecule has 0 unspecified atom stereocenters. The van der Waals surface area contributed by atoms with Crippen molar-refractivity contribution in [1.29, 1.82) is 0 Å². The van der Waals surface area contributed by atoms with Crippen LogP contribution < -0.4 is 10.6 Å². The highest BCUT2D eigenvalue weighted by molar-refractivity contribution is 6.30. The maximum Gasteiger partial charge on any atom is 0.272 e. The van der Waals surface area contributed by atoms with Crippen LogP contribution in [-0.4, -0.2) is 16.8 Å². The van der Waals surface area contributed by atoms with Crippen molar-refractivity contribution >= 4 is 35.2 Å². The maximum absolute atomic E-state index is 12.3. The van der Waals surface area contributed by atoms with E-state index in [2.05, 4.69) is 15.6 Å². The first-order chi connectivity index (χ1) is 10.5. The molecular weight excluding hydrogens is 302 g/mol. The van der Waals surface area contributed by atoms with Crippen LogP contribution in [0.15, 0.2) is 54.5 Å². The zero-order chi connectivity index (χ0) is 15.9. The average Bonchev–Trinajstić information content (AvgIpc) is 2.49. The van der Waals surface area contributed by atoms with Gasteiger partial charge < -0.3 is 10.6 Å². The van der Waals surface area contributed by atoms with Gasteiger partial charge in [-0.25, -0.2) is 0 Å². The molecule has 6 heteroatoms. The quantitative estimate of drug-likeness (QED) is 0.852. The number of hydrogen-bond donors (Lipinski definition) is 2. The number of aromatic nitrogens is 1. The van der Waals surface area contributed by atoms with Gasteiger partial charge in [0.1, 0.15) is 5.70 Å². The van der Waals surface area contributed by atoms with Crippen LogP contribution in [0, 0.1) is 0 Å². The first-order valence-corrected chi connectivity index (χ1v) is 6.88. The second kappa shape index (κ2) is 7.38. The van der Waals surface area contributed by atoms with Gasteiger partial charge >= 0.3 is 0 Å². The van der Waals surface area contributed by atoms with Gasteiger partial charge in [0, 0.05) is 30.0 Å². The molecule has 1 aromatic carbocycles. The first kappa shape index (κ1) is 15.7. The molecule has 0 radical (unpaired) electrons. The molecule has 0 atom stereocenters. The number of amides is 2. The monoisotopic (exact) mass is 315 g/mol. The normalized spacial score (nSPS) is 10.9. The number of carbonyl (C=O) groups is 2. The van der Waals surface area contributed by atoms with Gasteiger partial charge in [-0.05, 0) is 42.0 Å². The number of carbonyl (C=O) groups excluding carboxylic acids is 2. The summed E-state index contributed by atoms with van der Waals surface area (Å²) in [6.07, 6.45) is 4.78. The van der Waals surface area contributed by atoms with Gasteiger partial charge in [0.15, 0.2) is 0 Å². The van der Waals surface area contributed by atoms with Gasteiger partial charge in [-0.3, -0.25) is 14.6 Å². The lowest BCUT2D eigenvalue weighted by Crippen LogP contribution is -2.28. The summed E-state index contributed by atoms with van der Waals surface area (Å²) in [4.78, 5) is 27.5. The van der Waals surface area contributed by atoms with Crippen LogP contribution in [0.1, 0.15) is 12.5 Å². The molecule has 2 aromatic rings. The van der Waals surface area contributed by atoms with Crippen molar-refractivity contribution < 1.29 is 9.59 Å². The fourth-order valence-corrected chi connectivity index (χ4v) is 1.83. The summed E-state index contributed by atoms with van der Waals surface area (Å²) in [5.74, 6) is -0.761. The third-order valence-electron chi connectivity index (χ3n) is 2.65. The van der Waals surface area contributed by atoms with Crippen molar-refractivity contribution in [1.82, 2.24) is 10.3 Å². The maximum atomic E-state index is 12.3. The molecule has 0 aliphatic heterocycles. The van der Waals surface area contributed by atoms with E-state index in [1.807, 2.05) is 0 Å². The van der Waals surface area contributed by atoms with Crippen LogP contribution in [0.3, 0.4) is 0 Å². The Morgan fingerprint density at radius 2 is 1.91 bits per heavy atom. The van der Waals surface area contributed by atoms with E-state index < -0.39 is 5.91 Å². The number of nitrogens with one attached hydrogen (secondary N) is 2. The number of nitrogens with zero attached hydrogens (tertiary/aromatic N) is 1. The molecule has 0 aliphatic carbocycles. The molecule has 5 nitrogen and oxygen atoms in total. The number of halogens is 1. The zero-order valence-electron chi connectivity index (χ0n) is 11.8. The number of benzene rings is 1. The van der Waals surface area contributed by atoms with E-state index in [4.69, 9.17) is 11.6 Å². The summed E-state index contributed by atoms with van der Waals surface area (Å²) >= 11 is 5.80. The lowest BCUT2D eigenvalue weighted by molar-refractivity contribution is -0.120. The molecule has 0 aliphatic rings. The van der Waals surface area contributed by atoms with Gasteiger partial charge in [0.25, 0.3) is 5.91 Å². The number of rotatable bonds is 4. The van der Waals surface area contributed by atoms with Crippen molar-refractivity contribution in [2.24, 2.45) is 0 Å². The first-order valence-electron chi connectivity index (χ1n) is 6.51. The Hall–Kier alpha value is -2.66. The van der Waals surface area contributed by atoms with Crippen LogP contribution in [0.5, 0.6) is 0 Å². The van der Waals surface area contributed by atoms with E-state index in [9.17, 15) is 9.59 Å². The molecule has 112 valence electrons. The van der Waals surface area contributed by atoms with Gasteiger partial charge in [0.05, 0.1) is 0 Å². The van der Waals surface area contributed by atoms with Gasteiger partial charge in [-0.2, -0.15) is 0 Å². The van der Waals surface area contributed by atoms with Crippen LogP contribution in [0.4, 0.5) is 5.69 Å². The van der Waals surface area contributed by atoms with Crippen LogP contribution >= 0.6 is 11.6 Å². The van der Waals surface area contributed by atoms with E-state index in [1.165, 1.54) is 6.92 Å². The summed E-state index contributed by atoms with van der Waals surface area (Å²) in [5, 5.41) is 5.78. The summed E-state index contributed by atoms with van der Waals surface area (Å²) in [7, 11) is 0. The number of hydrogen-bond acceptors (Lipinski definition) is 3. The molecule has 0 bridgehead atoms. The Bertz CT molecular complexity index is 697. The number of pyridine rings is 1. The SMILES string of the molecule is CC(=O)N/C(=C/c1cccnc1)C(=O)Nc1ccc(Cl)cc1. The molecule has 1 heterocycles. The minimum atomic E-state index is -0.429. The molecule has 0 saturated heterocycles. The van der Waals surface area contributed by atoms with Crippen molar-refractivity contribution in [2.75, 3.05) is 5.32 Å². The summed E-state index contributed by atoms with van der Waals surface area (Å²) in [5.41, 5.74) is 1.42. The summed E-state index contributed by atoms with van der Waals surface area (Å²) in [6, 6.07) is 10.2. The molecule has 22 heavy (non-hydrogen) atoms. The van der Waals surface area contributed by atoms with Crippen molar-refractivity contribution in [3.8, 4) is 0 Å². The smallest absolute Gasteiger partial charge is 0.272 e. The lowest BCUT2D eigenvalue weighted by Gasteiger charge is -2.09. The van der Waals surface area contributed by atoms with E-state index >= 15 is 0 Å². The minimum Gasteiger partial charge on any atom is -0.322 e. The van der Waals surface area contributed by atoms with Crippen LogP contribution in [0.25, 0.3) is 6.08 Å². The Balaban J connectivity index is 2.21. The molecule has 0 spiro atoms. The predicted molar refractivity (Wildman–Crippen MR) is 86.1 cm³/mol. The van der Waals surface area contributed by atoms with E-state index in [1.54, 1.807) is 54.9 Å². The summed E-state index contributed by atoms with van der Waals surface area (Å²) < 4.78 is 0. The fraction of sp³-hybridized carbons (Fsp3) is 0.0625. The molecule has 0 fully saturated rings. The topological polar surface area (TPSA) is 71.1 Å². The summed E-state index contributed by atoms with van der Waals surface area (Å²) in [6.45, 7) is 1.34. The van der Waals surface area contributed by atoms with Gasteiger partial charge in [-0.15, -0.1) is 0 Å². The highest BCUT2D eigenvalue weighted by Crippen LogP contribution is 2.14. The Kier molecular flexibility index (Phi) is 5.27. The lowest BCUT2D eigenvalue weighted by atomic mass is 10.2. The van der Waals surface area contributed by atoms with Crippen molar-refractivity contribution in [2.45, 2.75) is 6.92 Å². The molecule has 0 saturated carbocycles. The molecule has 1 aromatic heterocycles. The molecule has 2 amide bonds. The van der Waals surface area contributed by atoms with Gasteiger partial charge in [-0.1, -0.05) is 17.7 Å². The van der Waals surface area contributed by atoms with Gasteiger partial charge in [0.2, 0.25) is 5.91 Å². The predicted octanol–water partition coefficient (Wildman–Crippen LogP) is 2.85. The van der Waals surface area contributed by atoms with E-state index in [-0.39, 0.29) is 11.6 Å². The average molecular weight is 316 g/mol. The Labute approximate surface area is 133 Å². The molecule has 2 rings (SSSR count). The highest BCUT2D eigenvalue weighted by atomic mass is 35.5. The fourth-order valence-electron chi connectivity index (χ4n) is 1.71. The van der Waals surface area contributed by atoms with E-state index in [0.29, 0.717) is 16.3 Å². The van der Waals surface area contributed by atoms with Crippen molar-refractivity contribution in [3.05, 3.63) is 65.1 Å². The third-order valence-corrected chi connectivity index (χ3v) is 2.90. The molecule has 2 N–H and O–H groups in total.